The van der Waals surface area contributed by atoms with Crippen LogP contribution in [0.4, 0.5) is 10.1 Å². The second kappa shape index (κ2) is 7.22. The maximum Gasteiger partial charge on any atom is 0.293 e. The van der Waals surface area contributed by atoms with Crippen molar-refractivity contribution in [3.8, 4) is 11.3 Å². The van der Waals surface area contributed by atoms with Crippen LogP contribution in [0, 0.1) is 5.82 Å². The van der Waals surface area contributed by atoms with Gasteiger partial charge in [0, 0.05) is 24.2 Å². The zero-order valence-corrected chi connectivity index (χ0v) is 16.0. The number of amides is 1. The van der Waals surface area contributed by atoms with Crippen molar-refractivity contribution in [2.75, 3.05) is 11.4 Å². The fourth-order valence-electron chi connectivity index (χ4n) is 3.69. The van der Waals surface area contributed by atoms with E-state index in [1.165, 1.54) is 27.7 Å². The van der Waals surface area contributed by atoms with Gasteiger partial charge in [0.2, 0.25) is 5.91 Å². The van der Waals surface area contributed by atoms with Crippen LogP contribution in [-0.2, 0) is 11.3 Å². The first-order valence-corrected chi connectivity index (χ1v) is 9.69. The Balaban J connectivity index is 1.42. The van der Waals surface area contributed by atoms with Gasteiger partial charge in [-0.15, -0.1) is 0 Å². The maximum atomic E-state index is 13.2. The van der Waals surface area contributed by atoms with Gasteiger partial charge in [-0.3, -0.25) is 9.59 Å². The molecule has 1 amide bonds. The number of carbonyl (C=O) groups excluding carboxylic acids is 1. The minimum absolute atomic E-state index is 0.142. The molecule has 0 radical (unpaired) electrons. The number of halogens is 1. The molecule has 1 saturated heterocycles. The molecule has 0 bridgehead atoms. The molecule has 3 heterocycles. The number of nitrogens with zero attached hydrogens (tertiary/aromatic N) is 5. The molecule has 0 aliphatic carbocycles. The highest BCUT2D eigenvalue weighted by Crippen LogP contribution is 2.22. The number of aromatic nitrogens is 4. The van der Waals surface area contributed by atoms with Crippen LogP contribution in [0.15, 0.2) is 65.7 Å². The molecule has 0 N–H and O–H groups in total. The third kappa shape index (κ3) is 3.26. The Labute approximate surface area is 171 Å². The fourth-order valence-corrected chi connectivity index (χ4v) is 3.69. The van der Waals surface area contributed by atoms with Crippen molar-refractivity contribution in [3.63, 3.8) is 0 Å². The van der Waals surface area contributed by atoms with Gasteiger partial charge in [-0.05, 0) is 54.4 Å². The molecule has 2 aromatic heterocycles. The molecule has 0 spiro atoms. The summed E-state index contributed by atoms with van der Waals surface area (Å²) in [6, 6.07) is 15.2. The summed E-state index contributed by atoms with van der Waals surface area (Å²) in [6.07, 6.45) is 2.96. The monoisotopic (exact) mass is 403 g/mol. The first-order valence-electron chi connectivity index (χ1n) is 9.69. The predicted molar refractivity (Wildman–Crippen MR) is 110 cm³/mol. The summed E-state index contributed by atoms with van der Waals surface area (Å²) < 4.78 is 16.0. The maximum absolute atomic E-state index is 13.2. The van der Waals surface area contributed by atoms with Crippen LogP contribution >= 0.6 is 0 Å². The first-order chi connectivity index (χ1) is 14.6. The Kier molecular flexibility index (Phi) is 4.39. The van der Waals surface area contributed by atoms with E-state index in [-0.39, 0.29) is 17.3 Å². The molecular formula is C22H18FN5O2. The van der Waals surface area contributed by atoms with Crippen molar-refractivity contribution >= 4 is 17.1 Å². The van der Waals surface area contributed by atoms with Crippen LogP contribution in [0.25, 0.3) is 16.8 Å². The molecule has 7 nitrogen and oxygen atoms in total. The number of rotatable bonds is 4. The topological polar surface area (TPSA) is 72.5 Å². The summed E-state index contributed by atoms with van der Waals surface area (Å²) in [4.78, 5) is 26.5. The normalized spacial score (nSPS) is 14.0. The van der Waals surface area contributed by atoms with Gasteiger partial charge in [0.1, 0.15) is 17.7 Å². The number of carbonyl (C=O) groups is 1. The molecule has 30 heavy (non-hydrogen) atoms. The Morgan fingerprint density at radius 2 is 1.77 bits per heavy atom. The van der Waals surface area contributed by atoms with Crippen molar-refractivity contribution in [2.24, 2.45) is 0 Å². The lowest BCUT2D eigenvalue weighted by Crippen LogP contribution is -2.25. The Morgan fingerprint density at radius 1 is 1.00 bits per heavy atom. The molecule has 1 fully saturated rings. The van der Waals surface area contributed by atoms with Crippen LogP contribution in [0.3, 0.4) is 0 Å². The molecule has 1 aliphatic rings. The fraction of sp³-hybridized carbons (Fsp3) is 0.182. The van der Waals surface area contributed by atoms with Gasteiger partial charge < -0.3 is 4.90 Å². The van der Waals surface area contributed by atoms with Crippen molar-refractivity contribution in [3.05, 3.63) is 82.7 Å². The summed E-state index contributed by atoms with van der Waals surface area (Å²) >= 11 is 0. The van der Waals surface area contributed by atoms with Crippen molar-refractivity contribution in [1.29, 1.82) is 0 Å². The smallest absolute Gasteiger partial charge is 0.293 e. The minimum atomic E-state index is -0.327. The standard InChI is InChI=1S/C22H18FN5O2/c23-17-7-5-16(6-8-17)19-12-20-22(30)27(24-14-28(20)25-19)13-15-3-9-18(10-4-15)26-11-1-2-21(26)29/h3-10,12,14H,1-2,11,13H2. The molecule has 5 rings (SSSR count). The Bertz CT molecular complexity index is 1290. The molecule has 0 saturated carbocycles. The second-order valence-electron chi connectivity index (χ2n) is 7.28. The number of fused-ring (bicyclic) bond motifs is 1. The Hall–Kier alpha value is -3.81. The number of benzene rings is 2. The third-order valence-electron chi connectivity index (χ3n) is 5.28. The molecule has 150 valence electrons. The summed E-state index contributed by atoms with van der Waals surface area (Å²) in [6.45, 7) is 1.05. The lowest BCUT2D eigenvalue weighted by molar-refractivity contribution is -0.117. The van der Waals surface area contributed by atoms with Gasteiger partial charge in [0.25, 0.3) is 5.56 Å². The van der Waals surface area contributed by atoms with Gasteiger partial charge in [-0.25, -0.2) is 13.6 Å². The SMILES string of the molecule is O=C1CCCN1c1ccc(Cn2ncn3nc(-c4ccc(F)cc4)cc3c2=O)cc1. The van der Waals surface area contributed by atoms with Crippen molar-refractivity contribution in [2.45, 2.75) is 19.4 Å². The average Bonchev–Trinajstić information content (AvgIpc) is 3.38. The molecule has 0 atom stereocenters. The number of hydrogen-bond acceptors (Lipinski definition) is 4. The number of anilines is 1. The van der Waals surface area contributed by atoms with E-state index in [9.17, 15) is 14.0 Å². The third-order valence-corrected chi connectivity index (χ3v) is 5.28. The van der Waals surface area contributed by atoms with Crippen LogP contribution in [-0.4, -0.2) is 31.8 Å². The van der Waals surface area contributed by atoms with E-state index in [2.05, 4.69) is 10.2 Å². The zero-order chi connectivity index (χ0) is 20.7. The van der Waals surface area contributed by atoms with E-state index in [0.717, 1.165) is 29.8 Å². The van der Waals surface area contributed by atoms with Gasteiger partial charge >= 0.3 is 0 Å². The summed E-state index contributed by atoms with van der Waals surface area (Å²) in [7, 11) is 0. The van der Waals surface area contributed by atoms with Crippen LogP contribution < -0.4 is 10.5 Å². The van der Waals surface area contributed by atoms with E-state index in [4.69, 9.17) is 0 Å². The zero-order valence-electron chi connectivity index (χ0n) is 16.0. The highest BCUT2D eigenvalue weighted by molar-refractivity contribution is 5.95. The van der Waals surface area contributed by atoms with Gasteiger partial charge in [-0.1, -0.05) is 12.1 Å². The second-order valence-corrected chi connectivity index (χ2v) is 7.28. The van der Waals surface area contributed by atoms with Crippen molar-refractivity contribution in [1.82, 2.24) is 19.4 Å². The molecular weight excluding hydrogens is 385 g/mol. The van der Waals surface area contributed by atoms with E-state index in [0.29, 0.717) is 24.2 Å². The van der Waals surface area contributed by atoms with Crippen molar-refractivity contribution < 1.29 is 9.18 Å². The highest BCUT2D eigenvalue weighted by Gasteiger charge is 2.21. The van der Waals surface area contributed by atoms with Crippen LogP contribution in [0.2, 0.25) is 0 Å². The molecule has 2 aromatic carbocycles. The summed E-state index contributed by atoms with van der Waals surface area (Å²) in [5.41, 5.74) is 3.20. The quantitative estimate of drug-likeness (QED) is 0.525. The van der Waals surface area contributed by atoms with E-state index in [1.807, 2.05) is 24.3 Å². The summed E-state index contributed by atoms with van der Waals surface area (Å²) in [5, 5.41) is 8.58. The van der Waals surface area contributed by atoms with E-state index >= 15 is 0 Å². The predicted octanol–water partition coefficient (Wildman–Crippen LogP) is 2.87. The minimum Gasteiger partial charge on any atom is -0.312 e. The lowest BCUT2D eigenvalue weighted by atomic mass is 10.1. The average molecular weight is 403 g/mol. The van der Waals surface area contributed by atoms with Gasteiger partial charge in [0.15, 0.2) is 0 Å². The number of hydrogen-bond donors (Lipinski definition) is 0. The summed E-state index contributed by atoms with van der Waals surface area (Å²) in [5.74, 6) is -0.185. The molecule has 1 aliphatic heterocycles. The molecule has 0 unspecified atom stereocenters. The van der Waals surface area contributed by atoms with E-state index in [1.54, 1.807) is 23.1 Å². The molecule has 8 heteroatoms. The molecule has 4 aromatic rings. The first kappa shape index (κ1) is 18.2. The van der Waals surface area contributed by atoms with Gasteiger partial charge in [-0.2, -0.15) is 10.2 Å². The van der Waals surface area contributed by atoms with E-state index < -0.39 is 0 Å². The Morgan fingerprint density at radius 3 is 2.47 bits per heavy atom. The lowest BCUT2D eigenvalue weighted by Gasteiger charge is -2.16. The van der Waals surface area contributed by atoms with Crippen LogP contribution in [0.1, 0.15) is 18.4 Å². The van der Waals surface area contributed by atoms with Crippen LogP contribution in [0.5, 0.6) is 0 Å². The largest absolute Gasteiger partial charge is 0.312 e. The highest BCUT2D eigenvalue weighted by atomic mass is 19.1. The van der Waals surface area contributed by atoms with Gasteiger partial charge in [0.05, 0.1) is 12.2 Å².